The minimum absolute atomic E-state index is 0.00966. The SMILES string of the molecule is Cc1cc(N2CC[C@](C)(c3ccccc3)C2)cn2nc(C(=O)NC3COCC3(C)C(=O)O)nc12. The van der Waals surface area contributed by atoms with Gasteiger partial charge in [-0.25, -0.2) is 9.50 Å². The molecule has 0 saturated carbocycles. The van der Waals surface area contributed by atoms with Crippen molar-refractivity contribution in [3.8, 4) is 0 Å². The number of ether oxygens (including phenoxy) is 1. The molecule has 34 heavy (non-hydrogen) atoms. The van der Waals surface area contributed by atoms with Crippen LogP contribution >= 0.6 is 0 Å². The van der Waals surface area contributed by atoms with Gasteiger partial charge in [0.15, 0.2) is 5.65 Å². The van der Waals surface area contributed by atoms with Crippen molar-refractivity contribution in [3.63, 3.8) is 0 Å². The topological polar surface area (TPSA) is 109 Å². The monoisotopic (exact) mass is 463 g/mol. The maximum absolute atomic E-state index is 12.9. The number of carbonyl (C=O) groups excluding carboxylic acids is 1. The third-order valence-corrected chi connectivity index (χ3v) is 7.36. The highest BCUT2D eigenvalue weighted by Gasteiger charge is 2.47. The molecule has 9 nitrogen and oxygen atoms in total. The first-order valence-electron chi connectivity index (χ1n) is 11.5. The minimum Gasteiger partial charge on any atom is -0.481 e. The van der Waals surface area contributed by atoms with E-state index in [1.165, 1.54) is 5.56 Å². The minimum atomic E-state index is -1.18. The van der Waals surface area contributed by atoms with E-state index in [9.17, 15) is 14.7 Å². The van der Waals surface area contributed by atoms with Crippen molar-refractivity contribution in [1.82, 2.24) is 19.9 Å². The number of aromatic nitrogens is 3. The number of rotatable bonds is 5. The zero-order valence-corrected chi connectivity index (χ0v) is 19.6. The van der Waals surface area contributed by atoms with E-state index >= 15 is 0 Å². The van der Waals surface area contributed by atoms with Crippen molar-refractivity contribution in [1.29, 1.82) is 0 Å². The fourth-order valence-electron chi connectivity index (χ4n) is 4.97. The lowest BCUT2D eigenvalue weighted by atomic mass is 9.82. The second-order valence-corrected chi connectivity index (χ2v) is 9.95. The fourth-order valence-corrected chi connectivity index (χ4v) is 4.97. The summed E-state index contributed by atoms with van der Waals surface area (Å²) in [7, 11) is 0. The van der Waals surface area contributed by atoms with Gasteiger partial charge in [0.1, 0.15) is 5.41 Å². The molecular formula is C25H29N5O4. The first kappa shape index (κ1) is 22.3. The van der Waals surface area contributed by atoms with E-state index in [0.29, 0.717) is 5.65 Å². The molecule has 1 amide bonds. The molecule has 178 valence electrons. The Morgan fingerprint density at radius 2 is 2.00 bits per heavy atom. The first-order valence-corrected chi connectivity index (χ1v) is 11.5. The predicted octanol–water partition coefficient (Wildman–Crippen LogP) is 2.43. The Balaban J connectivity index is 1.37. The number of hydrogen-bond donors (Lipinski definition) is 2. The Kier molecular flexibility index (Phi) is 5.31. The fraction of sp³-hybridized carbons (Fsp3) is 0.440. The molecule has 0 spiro atoms. The number of benzene rings is 1. The maximum Gasteiger partial charge on any atom is 0.313 e. The van der Waals surface area contributed by atoms with Gasteiger partial charge in [-0.2, -0.15) is 0 Å². The maximum atomic E-state index is 12.9. The van der Waals surface area contributed by atoms with Gasteiger partial charge in [0.25, 0.3) is 5.91 Å². The Bertz CT molecular complexity index is 1260. The number of aryl methyl sites for hydroxylation is 1. The van der Waals surface area contributed by atoms with Gasteiger partial charge in [-0.05, 0) is 37.5 Å². The molecule has 2 fully saturated rings. The zero-order valence-electron chi connectivity index (χ0n) is 19.6. The van der Waals surface area contributed by atoms with Gasteiger partial charge in [-0.15, -0.1) is 5.10 Å². The molecule has 2 N–H and O–H groups in total. The van der Waals surface area contributed by atoms with Crippen LogP contribution in [0.3, 0.4) is 0 Å². The van der Waals surface area contributed by atoms with E-state index in [1.807, 2.05) is 19.2 Å². The van der Waals surface area contributed by atoms with Crippen molar-refractivity contribution in [3.05, 3.63) is 59.5 Å². The second-order valence-electron chi connectivity index (χ2n) is 9.95. The average Bonchev–Trinajstić information content (AvgIpc) is 3.53. The van der Waals surface area contributed by atoms with Crippen molar-refractivity contribution >= 4 is 23.2 Å². The van der Waals surface area contributed by atoms with E-state index < -0.39 is 23.3 Å². The smallest absolute Gasteiger partial charge is 0.313 e. The Labute approximate surface area is 197 Å². The lowest BCUT2D eigenvalue weighted by molar-refractivity contribution is -0.148. The summed E-state index contributed by atoms with van der Waals surface area (Å²) >= 11 is 0. The summed E-state index contributed by atoms with van der Waals surface area (Å²) in [5, 5.41) is 16.7. The lowest BCUT2D eigenvalue weighted by Crippen LogP contribution is -2.49. The molecule has 2 aliphatic rings. The van der Waals surface area contributed by atoms with Crippen molar-refractivity contribution < 1.29 is 19.4 Å². The van der Waals surface area contributed by atoms with Crippen LogP contribution in [0.4, 0.5) is 5.69 Å². The number of nitrogens with one attached hydrogen (secondary N) is 1. The molecule has 9 heteroatoms. The summed E-state index contributed by atoms with van der Waals surface area (Å²) in [6, 6.07) is 12.0. The van der Waals surface area contributed by atoms with Crippen LogP contribution in [0.25, 0.3) is 5.65 Å². The van der Waals surface area contributed by atoms with Crippen LogP contribution in [0.2, 0.25) is 0 Å². The van der Waals surface area contributed by atoms with Gasteiger partial charge >= 0.3 is 5.97 Å². The van der Waals surface area contributed by atoms with E-state index in [2.05, 4.69) is 57.6 Å². The van der Waals surface area contributed by atoms with E-state index in [-0.39, 0.29) is 24.5 Å². The Morgan fingerprint density at radius 1 is 1.24 bits per heavy atom. The van der Waals surface area contributed by atoms with Crippen LogP contribution < -0.4 is 10.2 Å². The lowest BCUT2D eigenvalue weighted by Gasteiger charge is -2.26. The molecule has 1 aromatic carbocycles. The quantitative estimate of drug-likeness (QED) is 0.598. The predicted molar refractivity (Wildman–Crippen MR) is 126 cm³/mol. The molecule has 3 atom stereocenters. The van der Waals surface area contributed by atoms with Crippen LogP contribution in [0, 0.1) is 12.3 Å². The number of nitrogens with zero attached hydrogens (tertiary/aromatic N) is 4. The summed E-state index contributed by atoms with van der Waals surface area (Å²) in [5.74, 6) is -1.51. The van der Waals surface area contributed by atoms with Crippen LogP contribution in [0.15, 0.2) is 42.6 Å². The average molecular weight is 464 g/mol. The van der Waals surface area contributed by atoms with Gasteiger partial charge in [0.05, 0.1) is 31.1 Å². The van der Waals surface area contributed by atoms with Crippen molar-refractivity contribution in [2.45, 2.75) is 38.6 Å². The zero-order chi connectivity index (χ0) is 24.1. The van der Waals surface area contributed by atoms with Crippen LogP contribution in [0.5, 0.6) is 0 Å². The highest BCUT2D eigenvalue weighted by atomic mass is 16.5. The first-order chi connectivity index (χ1) is 16.2. The van der Waals surface area contributed by atoms with Gasteiger partial charge in [-0.1, -0.05) is 37.3 Å². The summed E-state index contributed by atoms with van der Waals surface area (Å²) in [5.41, 5.74) is 2.76. The third-order valence-electron chi connectivity index (χ3n) is 7.36. The van der Waals surface area contributed by atoms with Gasteiger partial charge in [0, 0.05) is 18.5 Å². The van der Waals surface area contributed by atoms with E-state index in [1.54, 1.807) is 11.4 Å². The second kappa shape index (κ2) is 8.09. The number of pyridine rings is 1. The summed E-state index contributed by atoms with van der Waals surface area (Å²) in [6.45, 7) is 7.82. The normalized spacial score (nSPS) is 26.8. The van der Waals surface area contributed by atoms with Gasteiger partial charge in [0.2, 0.25) is 5.82 Å². The number of anilines is 1. The molecule has 0 radical (unpaired) electrons. The molecule has 2 aromatic heterocycles. The standard InChI is InChI=1S/C25H29N5O4/c1-16-11-18(29-10-9-24(2,14-29)17-7-5-4-6-8-17)12-30-21(16)27-20(28-30)22(31)26-19-13-34-15-25(19,3)23(32)33/h4-8,11-12,19H,9-10,13-15H2,1-3H3,(H,26,31)(H,32,33)/t19?,24-,25?/m0/s1. The van der Waals surface area contributed by atoms with E-state index in [4.69, 9.17) is 4.74 Å². The molecule has 2 unspecified atom stereocenters. The number of carboxylic acids is 1. The molecule has 0 bridgehead atoms. The number of aliphatic carboxylic acids is 1. The van der Waals surface area contributed by atoms with Crippen LogP contribution in [0.1, 0.15) is 42.0 Å². The molecule has 3 aromatic rings. The molecule has 2 saturated heterocycles. The molecule has 5 rings (SSSR count). The van der Waals surface area contributed by atoms with Crippen molar-refractivity contribution in [2.75, 3.05) is 31.2 Å². The molecule has 4 heterocycles. The number of fused-ring (bicyclic) bond motifs is 1. The summed E-state index contributed by atoms with van der Waals surface area (Å²) in [6.07, 6.45) is 2.95. The van der Waals surface area contributed by atoms with Crippen molar-refractivity contribution in [2.24, 2.45) is 5.41 Å². The number of hydrogen-bond acceptors (Lipinski definition) is 6. The van der Waals surface area contributed by atoms with Gasteiger partial charge in [-0.3, -0.25) is 9.59 Å². The number of carbonyl (C=O) groups is 2. The Morgan fingerprint density at radius 3 is 2.74 bits per heavy atom. The number of carboxylic acid groups (broad SMARTS) is 1. The largest absolute Gasteiger partial charge is 0.481 e. The highest BCUT2D eigenvalue weighted by Crippen LogP contribution is 2.36. The van der Waals surface area contributed by atoms with E-state index in [0.717, 1.165) is 30.8 Å². The molecule has 2 aliphatic heterocycles. The summed E-state index contributed by atoms with van der Waals surface area (Å²) < 4.78 is 6.96. The number of amides is 1. The third kappa shape index (κ3) is 3.69. The molecule has 0 aliphatic carbocycles. The summed E-state index contributed by atoms with van der Waals surface area (Å²) in [4.78, 5) is 31.3. The van der Waals surface area contributed by atoms with Gasteiger partial charge < -0.3 is 20.1 Å². The van der Waals surface area contributed by atoms with Crippen LogP contribution in [-0.4, -0.2) is 63.9 Å². The Hall–Kier alpha value is -3.46. The highest BCUT2D eigenvalue weighted by molar-refractivity contribution is 5.92. The van der Waals surface area contributed by atoms with Crippen LogP contribution in [-0.2, 0) is 14.9 Å². The molecular weight excluding hydrogens is 434 g/mol.